The van der Waals surface area contributed by atoms with Crippen LogP contribution in [0.4, 0.5) is 0 Å². The second-order valence-electron chi connectivity index (χ2n) is 5.26. The molecule has 3 nitrogen and oxygen atoms in total. The Morgan fingerprint density at radius 3 is 2.55 bits per heavy atom. The van der Waals surface area contributed by atoms with Crippen molar-refractivity contribution < 1.29 is 0 Å². The zero-order valence-electron chi connectivity index (χ0n) is 11.9. The number of hydrogen-bond donors (Lipinski definition) is 1. The van der Waals surface area contributed by atoms with Gasteiger partial charge in [0, 0.05) is 6.54 Å². The molecule has 20 heavy (non-hydrogen) atoms. The Labute approximate surface area is 119 Å². The highest BCUT2D eigenvalue weighted by Crippen LogP contribution is 2.22. The lowest BCUT2D eigenvalue weighted by atomic mass is 10.1. The standard InChI is InChI=1S/C17H19N3/c1-12-7-3-4-8-14(12)11-20-16-10-6-5-9-15(16)19-17(20)13(2)18/h3-10,13H,11,18H2,1-2H3. The minimum absolute atomic E-state index is 0.0774. The second-order valence-corrected chi connectivity index (χ2v) is 5.26. The van der Waals surface area contributed by atoms with Crippen LogP contribution in [0, 0.1) is 6.92 Å². The largest absolute Gasteiger partial charge is 0.322 e. The molecule has 3 rings (SSSR count). The van der Waals surface area contributed by atoms with Crippen molar-refractivity contribution in [3.05, 3.63) is 65.5 Å². The van der Waals surface area contributed by atoms with Crippen LogP contribution in [0.3, 0.4) is 0 Å². The highest BCUT2D eigenvalue weighted by atomic mass is 15.1. The minimum Gasteiger partial charge on any atom is -0.322 e. The van der Waals surface area contributed by atoms with Gasteiger partial charge in [-0.2, -0.15) is 0 Å². The predicted molar refractivity (Wildman–Crippen MR) is 82.6 cm³/mol. The summed E-state index contributed by atoms with van der Waals surface area (Å²) < 4.78 is 2.22. The number of imidazole rings is 1. The molecule has 102 valence electrons. The Bertz CT molecular complexity index is 741. The molecule has 3 aromatic rings. The van der Waals surface area contributed by atoms with Gasteiger partial charge in [0.1, 0.15) is 5.82 Å². The topological polar surface area (TPSA) is 43.8 Å². The van der Waals surface area contributed by atoms with Crippen LogP contribution in [0.25, 0.3) is 11.0 Å². The van der Waals surface area contributed by atoms with E-state index in [9.17, 15) is 0 Å². The maximum atomic E-state index is 6.09. The van der Waals surface area contributed by atoms with Gasteiger partial charge in [-0.1, -0.05) is 36.4 Å². The quantitative estimate of drug-likeness (QED) is 0.788. The monoisotopic (exact) mass is 265 g/mol. The molecule has 2 N–H and O–H groups in total. The first-order chi connectivity index (χ1) is 9.66. The smallest absolute Gasteiger partial charge is 0.126 e. The number of hydrogen-bond acceptors (Lipinski definition) is 2. The molecule has 1 aromatic heterocycles. The molecule has 0 saturated carbocycles. The van der Waals surface area contributed by atoms with Gasteiger partial charge in [-0.05, 0) is 37.1 Å². The molecule has 3 heteroatoms. The molecule has 0 bridgehead atoms. The molecular formula is C17H19N3. The van der Waals surface area contributed by atoms with Gasteiger partial charge in [-0.3, -0.25) is 0 Å². The first kappa shape index (κ1) is 12.9. The van der Waals surface area contributed by atoms with E-state index in [1.165, 1.54) is 11.1 Å². The van der Waals surface area contributed by atoms with E-state index in [0.717, 1.165) is 23.4 Å². The summed E-state index contributed by atoms with van der Waals surface area (Å²) >= 11 is 0. The molecule has 0 fully saturated rings. The SMILES string of the molecule is Cc1ccccc1Cn1c(C(C)N)nc2ccccc21. The third-order valence-electron chi connectivity index (χ3n) is 3.68. The molecule has 1 heterocycles. The fourth-order valence-corrected chi connectivity index (χ4v) is 2.57. The van der Waals surface area contributed by atoms with Crippen molar-refractivity contribution >= 4 is 11.0 Å². The van der Waals surface area contributed by atoms with Crippen LogP contribution < -0.4 is 5.73 Å². The van der Waals surface area contributed by atoms with Crippen molar-refractivity contribution in [2.24, 2.45) is 5.73 Å². The van der Waals surface area contributed by atoms with Gasteiger partial charge in [-0.25, -0.2) is 4.98 Å². The van der Waals surface area contributed by atoms with Crippen LogP contribution in [0.15, 0.2) is 48.5 Å². The normalized spacial score (nSPS) is 12.8. The van der Waals surface area contributed by atoms with E-state index in [1.807, 2.05) is 25.1 Å². The lowest BCUT2D eigenvalue weighted by molar-refractivity contribution is 0.662. The summed E-state index contributed by atoms with van der Waals surface area (Å²) in [6.07, 6.45) is 0. The summed E-state index contributed by atoms with van der Waals surface area (Å²) in [6, 6.07) is 16.6. The lowest BCUT2D eigenvalue weighted by Gasteiger charge is -2.13. The zero-order chi connectivity index (χ0) is 14.1. The maximum absolute atomic E-state index is 6.09. The molecule has 0 aliphatic heterocycles. The Morgan fingerprint density at radius 1 is 1.10 bits per heavy atom. The van der Waals surface area contributed by atoms with Crippen molar-refractivity contribution in [2.75, 3.05) is 0 Å². The first-order valence-electron chi connectivity index (χ1n) is 6.92. The van der Waals surface area contributed by atoms with E-state index >= 15 is 0 Å². The van der Waals surface area contributed by atoms with Crippen LogP contribution in [0.2, 0.25) is 0 Å². The Kier molecular flexibility index (Phi) is 3.28. The molecule has 0 radical (unpaired) electrons. The predicted octanol–water partition coefficient (Wildman–Crippen LogP) is 3.41. The number of aryl methyl sites for hydroxylation is 1. The van der Waals surface area contributed by atoms with Gasteiger partial charge in [0.25, 0.3) is 0 Å². The zero-order valence-corrected chi connectivity index (χ0v) is 11.9. The van der Waals surface area contributed by atoms with E-state index < -0.39 is 0 Å². The number of nitrogens with two attached hydrogens (primary N) is 1. The van der Waals surface area contributed by atoms with Crippen LogP contribution in [-0.4, -0.2) is 9.55 Å². The van der Waals surface area contributed by atoms with E-state index in [0.29, 0.717) is 0 Å². The van der Waals surface area contributed by atoms with Gasteiger partial charge in [0.05, 0.1) is 17.1 Å². The van der Waals surface area contributed by atoms with Crippen molar-refractivity contribution in [1.82, 2.24) is 9.55 Å². The Morgan fingerprint density at radius 2 is 1.80 bits per heavy atom. The first-order valence-corrected chi connectivity index (χ1v) is 6.92. The molecule has 0 saturated heterocycles. The van der Waals surface area contributed by atoms with E-state index in [-0.39, 0.29) is 6.04 Å². The van der Waals surface area contributed by atoms with Gasteiger partial charge < -0.3 is 10.3 Å². The maximum Gasteiger partial charge on any atom is 0.126 e. The van der Waals surface area contributed by atoms with Crippen molar-refractivity contribution in [1.29, 1.82) is 0 Å². The highest BCUT2D eigenvalue weighted by molar-refractivity contribution is 5.76. The molecule has 2 aromatic carbocycles. The summed E-state index contributed by atoms with van der Waals surface area (Å²) in [6.45, 7) is 4.93. The Balaban J connectivity index is 2.14. The summed E-state index contributed by atoms with van der Waals surface area (Å²) in [5.74, 6) is 0.939. The fourth-order valence-electron chi connectivity index (χ4n) is 2.57. The average Bonchev–Trinajstić information content (AvgIpc) is 2.81. The molecule has 1 unspecified atom stereocenters. The van der Waals surface area contributed by atoms with Crippen molar-refractivity contribution in [2.45, 2.75) is 26.4 Å². The number of benzene rings is 2. The van der Waals surface area contributed by atoms with Gasteiger partial charge in [-0.15, -0.1) is 0 Å². The number of para-hydroxylation sites is 2. The number of fused-ring (bicyclic) bond motifs is 1. The summed E-state index contributed by atoms with van der Waals surface area (Å²) in [7, 11) is 0. The third-order valence-corrected chi connectivity index (χ3v) is 3.68. The number of aromatic nitrogens is 2. The average molecular weight is 265 g/mol. The van der Waals surface area contributed by atoms with Crippen LogP contribution in [0.1, 0.15) is 29.9 Å². The molecular weight excluding hydrogens is 246 g/mol. The second kappa shape index (κ2) is 5.10. The van der Waals surface area contributed by atoms with Gasteiger partial charge >= 0.3 is 0 Å². The van der Waals surface area contributed by atoms with Gasteiger partial charge in [0.2, 0.25) is 0 Å². The molecule has 0 aliphatic rings. The van der Waals surface area contributed by atoms with Crippen molar-refractivity contribution in [3.63, 3.8) is 0 Å². The number of rotatable bonds is 3. The van der Waals surface area contributed by atoms with Crippen molar-refractivity contribution in [3.8, 4) is 0 Å². The van der Waals surface area contributed by atoms with E-state index in [4.69, 9.17) is 5.73 Å². The van der Waals surface area contributed by atoms with Gasteiger partial charge in [0.15, 0.2) is 0 Å². The summed E-state index contributed by atoms with van der Waals surface area (Å²) in [4.78, 5) is 4.68. The highest BCUT2D eigenvalue weighted by Gasteiger charge is 2.14. The molecule has 0 aliphatic carbocycles. The summed E-state index contributed by atoms with van der Waals surface area (Å²) in [5.41, 5.74) is 10.8. The van der Waals surface area contributed by atoms with Crippen LogP contribution >= 0.6 is 0 Å². The lowest BCUT2D eigenvalue weighted by Crippen LogP contribution is -2.14. The van der Waals surface area contributed by atoms with Crippen LogP contribution in [0.5, 0.6) is 0 Å². The fraction of sp³-hybridized carbons (Fsp3) is 0.235. The molecule has 1 atom stereocenters. The van der Waals surface area contributed by atoms with E-state index in [1.54, 1.807) is 0 Å². The molecule has 0 amide bonds. The minimum atomic E-state index is -0.0774. The Hall–Kier alpha value is -2.13. The summed E-state index contributed by atoms with van der Waals surface area (Å²) in [5, 5.41) is 0. The van der Waals surface area contributed by atoms with E-state index in [2.05, 4.69) is 46.8 Å². The number of nitrogens with zero attached hydrogens (tertiary/aromatic N) is 2. The van der Waals surface area contributed by atoms with Crippen LogP contribution in [-0.2, 0) is 6.54 Å². The third kappa shape index (κ3) is 2.21. The molecule has 0 spiro atoms.